The van der Waals surface area contributed by atoms with Gasteiger partial charge in [0, 0.05) is 0 Å². The van der Waals surface area contributed by atoms with Gasteiger partial charge < -0.3 is 5.11 Å². The van der Waals surface area contributed by atoms with Gasteiger partial charge >= 0.3 is 0 Å². The lowest BCUT2D eigenvalue weighted by Gasteiger charge is -2.20. The molecule has 8 aromatic rings. The van der Waals surface area contributed by atoms with Crippen molar-refractivity contribution in [3.8, 4) is 5.75 Å². The molecule has 1 nitrogen and oxygen atoms in total. The van der Waals surface area contributed by atoms with E-state index in [9.17, 15) is 0 Å². The molecule has 144 valence electrons. The van der Waals surface area contributed by atoms with Crippen LogP contribution in [0.1, 0.15) is 0 Å². The van der Waals surface area contributed by atoms with Gasteiger partial charge in [-0.1, -0.05) is 91.0 Å². The van der Waals surface area contributed by atoms with Crippen LogP contribution in [0.5, 0.6) is 5.75 Å². The van der Waals surface area contributed by atoms with Gasteiger partial charge in [0.1, 0.15) is 5.75 Å². The zero-order valence-electron chi connectivity index (χ0n) is 16.8. The molecule has 8 rings (SSSR count). The van der Waals surface area contributed by atoms with Crippen molar-refractivity contribution in [1.29, 1.82) is 0 Å². The average Bonchev–Trinajstić information content (AvgIpc) is 2.83. The second-order valence-electron chi connectivity index (χ2n) is 8.32. The molecular weight excluding hydrogens is 376 g/mol. The molecule has 0 aliphatic heterocycles. The Morgan fingerprint density at radius 1 is 0.290 bits per heavy atom. The molecule has 1 heteroatoms. The fourth-order valence-electron chi connectivity index (χ4n) is 5.32. The molecule has 1 N–H and O–H groups in total. The van der Waals surface area contributed by atoms with Crippen LogP contribution in [0, 0.1) is 0 Å². The highest BCUT2D eigenvalue weighted by Gasteiger charge is 2.19. The maximum Gasteiger partial charge on any atom is 0.115 e. The van der Waals surface area contributed by atoms with Gasteiger partial charge in [0.05, 0.1) is 0 Å². The van der Waals surface area contributed by atoms with Crippen molar-refractivity contribution in [2.45, 2.75) is 0 Å². The fraction of sp³-hybridized carbons (Fsp3) is 0. The summed E-state index contributed by atoms with van der Waals surface area (Å²) in [5.74, 6) is 0.322. The molecule has 0 spiro atoms. The molecule has 0 radical (unpaired) electrons. The van der Waals surface area contributed by atoms with E-state index >= 15 is 0 Å². The molecular formula is C30H18O. The van der Waals surface area contributed by atoms with E-state index in [1.807, 2.05) is 6.07 Å². The first-order valence-electron chi connectivity index (χ1n) is 10.6. The van der Waals surface area contributed by atoms with E-state index in [0.717, 1.165) is 0 Å². The van der Waals surface area contributed by atoms with Crippen molar-refractivity contribution in [2.24, 2.45) is 0 Å². The van der Waals surface area contributed by atoms with Crippen LogP contribution in [-0.4, -0.2) is 5.11 Å². The molecule has 0 aromatic heterocycles. The number of rotatable bonds is 0. The molecule has 31 heavy (non-hydrogen) atoms. The predicted octanol–water partition coefficient (Wildman–Crippen LogP) is 8.31. The number of phenolic OH excluding ortho intramolecular Hbond substituents is 1. The Hall–Kier alpha value is -4.10. The average molecular weight is 394 g/mol. The molecule has 0 bridgehead atoms. The first-order chi connectivity index (χ1) is 15.3. The van der Waals surface area contributed by atoms with E-state index in [1.54, 1.807) is 24.3 Å². The van der Waals surface area contributed by atoms with Crippen molar-refractivity contribution in [3.63, 3.8) is 0 Å². The van der Waals surface area contributed by atoms with Gasteiger partial charge in [0.25, 0.3) is 0 Å². The van der Waals surface area contributed by atoms with Crippen molar-refractivity contribution >= 4 is 64.6 Å². The molecule has 0 saturated carbocycles. The van der Waals surface area contributed by atoms with Gasteiger partial charge in [-0.15, -0.1) is 0 Å². The molecule has 0 aliphatic rings. The lowest BCUT2D eigenvalue weighted by molar-refractivity contribution is 0.475. The summed E-state index contributed by atoms with van der Waals surface area (Å²) in [4.78, 5) is 0. The molecule has 0 aliphatic carbocycles. The number of phenols is 1. The minimum absolute atomic E-state index is 0.322. The summed E-state index contributed by atoms with van der Waals surface area (Å²) in [6.07, 6.45) is 0. The fourth-order valence-corrected chi connectivity index (χ4v) is 5.32. The van der Waals surface area contributed by atoms with E-state index in [-0.39, 0.29) is 0 Å². The summed E-state index contributed by atoms with van der Waals surface area (Å²) in [5, 5.41) is 25.3. The summed E-state index contributed by atoms with van der Waals surface area (Å²) in [6, 6.07) is 36.0. The monoisotopic (exact) mass is 394 g/mol. The zero-order chi connectivity index (χ0) is 20.5. The second-order valence-corrected chi connectivity index (χ2v) is 8.32. The second kappa shape index (κ2) is 5.96. The minimum Gasteiger partial charge on any atom is -0.508 e. The number of hydrogen-bond acceptors (Lipinski definition) is 1. The van der Waals surface area contributed by atoms with E-state index in [1.165, 1.54) is 64.6 Å². The number of benzene rings is 8. The molecule has 0 fully saturated rings. The Morgan fingerprint density at radius 2 is 0.516 bits per heavy atom. The molecule has 0 saturated heterocycles. The van der Waals surface area contributed by atoms with Crippen molar-refractivity contribution < 1.29 is 5.11 Å². The Morgan fingerprint density at radius 3 is 0.677 bits per heavy atom. The van der Waals surface area contributed by atoms with Crippen LogP contribution in [-0.2, 0) is 0 Å². The Kier molecular flexibility index (Phi) is 3.21. The molecule has 0 unspecified atom stereocenters. The highest BCUT2D eigenvalue weighted by molar-refractivity contribution is 6.44. The summed E-state index contributed by atoms with van der Waals surface area (Å²) in [5.41, 5.74) is 0. The third kappa shape index (κ3) is 2.21. The third-order valence-corrected chi connectivity index (χ3v) is 6.64. The summed E-state index contributed by atoms with van der Waals surface area (Å²) < 4.78 is 0. The maximum atomic E-state index is 8.63. The Balaban J connectivity index is 0.000000212. The minimum atomic E-state index is 0.322. The van der Waals surface area contributed by atoms with Crippen LogP contribution in [0.3, 0.4) is 0 Å². The van der Waals surface area contributed by atoms with Crippen molar-refractivity contribution in [2.75, 3.05) is 0 Å². The van der Waals surface area contributed by atoms with E-state index in [2.05, 4.69) is 72.8 Å². The Labute approximate surface area is 178 Å². The summed E-state index contributed by atoms with van der Waals surface area (Å²) >= 11 is 0. The van der Waals surface area contributed by atoms with E-state index in [4.69, 9.17) is 5.11 Å². The molecule has 8 aromatic carbocycles. The largest absolute Gasteiger partial charge is 0.508 e. The highest BCUT2D eigenvalue weighted by atomic mass is 16.3. The normalized spacial score (nSPS) is 12.0. The van der Waals surface area contributed by atoms with Crippen molar-refractivity contribution in [3.05, 3.63) is 103 Å². The zero-order valence-corrected chi connectivity index (χ0v) is 16.8. The van der Waals surface area contributed by atoms with Crippen LogP contribution in [0.4, 0.5) is 0 Å². The maximum absolute atomic E-state index is 8.63. The van der Waals surface area contributed by atoms with Gasteiger partial charge in [-0.05, 0) is 76.8 Å². The van der Waals surface area contributed by atoms with E-state index < -0.39 is 0 Å². The van der Waals surface area contributed by atoms with Crippen LogP contribution in [0.25, 0.3) is 64.6 Å². The SMILES string of the molecule is Oc1ccccc1.c1cc2ccc3ccc4ccc5ccc6ccc1c1c2c3c4c5c61. The summed E-state index contributed by atoms with van der Waals surface area (Å²) in [6.45, 7) is 0. The van der Waals surface area contributed by atoms with Gasteiger partial charge in [-0.3, -0.25) is 0 Å². The summed E-state index contributed by atoms with van der Waals surface area (Å²) in [7, 11) is 0. The smallest absolute Gasteiger partial charge is 0.115 e. The number of hydrogen-bond donors (Lipinski definition) is 1. The van der Waals surface area contributed by atoms with Crippen LogP contribution in [0.2, 0.25) is 0 Å². The predicted molar refractivity (Wildman–Crippen MR) is 133 cm³/mol. The van der Waals surface area contributed by atoms with Crippen molar-refractivity contribution in [1.82, 2.24) is 0 Å². The van der Waals surface area contributed by atoms with Crippen LogP contribution < -0.4 is 0 Å². The molecule has 0 heterocycles. The quantitative estimate of drug-likeness (QED) is 0.202. The topological polar surface area (TPSA) is 20.2 Å². The lowest BCUT2D eigenvalue weighted by atomic mass is 9.83. The first-order valence-corrected chi connectivity index (χ1v) is 10.6. The Bertz CT molecular complexity index is 1440. The van der Waals surface area contributed by atoms with Gasteiger partial charge in [0.2, 0.25) is 0 Å². The standard InChI is InChI=1S/C24H12.C6H6O/c1-2-14-5-6-16-9-11-18-12-10-17-8-7-15-4-3-13(1)19-20(14)22(16)24(18)23(17)21(15)19;7-6-4-2-1-3-5-6/h1-12H;1-5,7H. The molecule has 0 atom stereocenters. The van der Waals surface area contributed by atoms with Gasteiger partial charge in [-0.2, -0.15) is 0 Å². The van der Waals surface area contributed by atoms with E-state index in [0.29, 0.717) is 5.75 Å². The highest BCUT2D eigenvalue weighted by Crippen LogP contribution is 2.47. The van der Waals surface area contributed by atoms with Gasteiger partial charge in [-0.25, -0.2) is 0 Å². The lowest BCUT2D eigenvalue weighted by Crippen LogP contribution is -1.91. The third-order valence-electron chi connectivity index (χ3n) is 6.64. The van der Waals surface area contributed by atoms with Crippen LogP contribution >= 0.6 is 0 Å². The molecule has 0 amide bonds. The number of para-hydroxylation sites is 1. The number of aromatic hydroxyl groups is 1. The van der Waals surface area contributed by atoms with Gasteiger partial charge in [0.15, 0.2) is 0 Å². The van der Waals surface area contributed by atoms with Crippen LogP contribution in [0.15, 0.2) is 103 Å². The first kappa shape index (κ1) is 16.7.